The molecule has 1 aromatic carbocycles. The first-order valence-corrected chi connectivity index (χ1v) is 7.21. The van der Waals surface area contributed by atoms with Crippen LogP contribution in [0.1, 0.15) is 5.56 Å². The van der Waals surface area contributed by atoms with Gasteiger partial charge in [-0.3, -0.25) is 4.79 Å². The molecule has 7 heteroatoms. The van der Waals surface area contributed by atoms with Crippen molar-refractivity contribution in [2.24, 2.45) is 0 Å². The van der Waals surface area contributed by atoms with Gasteiger partial charge in [0.25, 0.3) is 5.91 Å². The Labute approximate surface area is 124 Å². The molecule has 1 aromatic rings. The van der Waals surface area contributed by atoms with E-state index in [1.54, 1.807) is 18.2 Å². The summed E-state index contributed by atoms with van der Waals surface area (Å²) in [7, 11) is 0. The number of thioether (sulfide) groups is 1. The number of halogens is 2. The molecular weight excluding hydrogens is 390 g/mol. The number of hydrogen-bond donors (Lipinski definition) is 2. The normalized spacial score (nSPS) is 17.6. The molecule has 17 heavy (non-hydrogen) atoms. The molecular formula is C10H5Br2NO2S2. The van der Waals surface area contributed by atoms with Crippen LogP contribution in [-0.2, 0) is 4.79 Å². The number of thiocarbonyl (C=S) groups is 1. The third kappa shape index (κ3) is 2.90. The lowest BCUT2D eigenvalue weighted by molar-refractivity contribution is -0.115. The van der Waals surface area contributed by atoms with E-state index in [9.17, 15) is 9.90 Å². The SMILES string of the molecule is O=C1NC(=S)S/C1=C/c1cc(Br)cc(Br)c1O. The molecule has 3 nitrogen and oxygen atoms in total. The fraction of sp³-hybridized carbons (Fsp3) is 0. The van der Waals surface area contributed by atoms with Crippen molar-refractivity contribution in [1.29, 1.82) is 0 Å². The summed E-state index contributed by atoms with van der Waals surface area (Å²) in [5.41, 5.74) is 0.550. The number of benzene rings is 1. The summed E-state index contributed by atoms with van der Waals surface area (Å²) in [6, 6.07) is 3.45. The molecule has 1 heterocycles. The highest BCUT2D eigenvalue weighted by atomic mass is 79.9. The van der Waals surface area contributed by atoms with Crippen LogP contribution in [0, 0.1) is 0 Å². The van der Waals surface area contributed by atoms with E-state index in [0.29, 0.717) is 19.3 Å². The Kier molecular flexibility index (Phi) is 3.92. The lowest BCUT2D eigenvalue weighted by Crippen LogP contribution is -2.17. The van der Waals surface area contributed by atoms with Gasteiger partial charge in [-0.15, -0.1) is 0 Å². The van der Waals surface area contributed by atoms with Gasteiger partial charge in [-0.05, 0) is 34.1 Å². The van der Waals surface area contributed by atoms with Gasteiger partial charge in [0.05, 0.1) is 9.38 Å². The molecule has 0 aliphatic carbocycles. The Balaban J connectivity index is 2.46. The zero-order valence-corrected chi connectivity index (χ0v) is 13.0. The molecule has 0 aromatic heterocycles. The molecule has 1 aliphatic heterocycles. The van der Waals surface area contributed by atoms with E-state index in [0.717, 1.165) is 4.47 Å². The minimum absolute atomic E-state index is 0.0897. The number of carbonyl (C=O) groups excluding carboxylic acids is 1. The molecule has 0 radical (unpaired) electrons. The Morgan fingerprint density at radius 3 is 2.71 bits per heavy atom. The van der Waals surface area contributed by atoms with Crippen LogP contribution in [0.2, 0.25) is 0 Å². The van der Waals surface area contributed by atoms with Crippen molar-refractivity contribution in [3.63, 3.8) is 0 Å². The third-order valence-electron chi connectivity index (χ3n) is 1.99. The molecule has 0 unspecified atom stereocenters. The second-order valence-electron chi connectivity index (χ2n) is 3.18. The maximum absolute atomic E-state index is 11.5. The summed E-state index contributed by atoms with van der Waals surface area (Å²) in [5.74, 6) is -0.151. The molecule has 0 bridgehead atoms. The Morgan fingerprint density at radius 1 is 1.41 bits per heavy atom. The van der Waals surface area contributed by atoms with Gasteiger partial charge in [0.1, 0.15) is 10.1 Å². The van der Waals surface area contributed by atoms with Crippen molar-refractivity contribution in [2.45, 2.75) is 0 Å². The fourth-order valence-corrected chi connectivity index (χ4v) is 3.55. The minimum atomic E-state index is -0.240. The molecule has 2 rings (SSSR count). The lowest BCUT2D eigenvalue weighted by atomic mass is 10.2. The van der Waals surface area contributed by atoms with Gasteiger partial charge in [0.2, 0.25) is 0 Å². The van der Waals surface area contributed by atoms with Gasteiger partial charge in [0, 0.05) is 10.0 Å². The summed E-state index contributed by atoms with van der Waals surface area (Å²) in [6.45, 7) is 0. The zero-order valence-electron chi connectivity index (χ0n) is 8.16. The van der Waals surface area contributed by atoms with E-state index >= 15 is 0 Å². The Hall–Kier alpha value is -0.370. The van der Waals surface area contributed by atoms with E-state index < -0.39 is 0 Å². The van der Waals surface area contributed by atoms with Crippen LogP contribution < -0.4 is 5.32 Å². The Bertz CT molecular complexity index is 557. The van der Waals surface area contributed by atoms with Crippen LogP contribution in [0.25, 0.3) is 6.08 Å². The summed E-state index contributed by atoms with van der Waals surface area (Å²) >= 11 is 12.6. The summed E-state index contributed by atoms with van der Waals surface area (Å²) < 4.78 is 1.79. The first-order valence-electron chi connectivity index (χ1n) is 4.40. The van der Waals surface area contributed by atoms with Gasteiger partial charge in [-0.2, -0.15) is 0 Å². The van der Waals surface area contributed by atoms with Crippen LogP contribution in [0.15, 0.2) is 26.0 Å². The predicted octanol–water partition coefficient (Wildman–Crippen LogP) is 3.41. The van der Waals surface area contributed by atoms with Crippen molar-refractivity contribution in [2.75, 3.05) is 0 Å². The number of amides is 1. The van der Waals surface area contributed by atoms with E-state index in [2.05, 4.69) is 37.2 Å². The number of aromatic hydroxyl groups is 1. The van der Waals surface area contributed by atoms with Gasteiger partial charge in [-0.1, -0.05) is 39.9 Å². The molecule has 2 N–H and O–H groups in total. The summed E-state index contributed by atoms with van der Waals surface area (Å²) in [6.07, 6.45) is 1.60. The minimum Gasteiger partial charge on any atom is -0.506 e. The largest absolute Gasteiger partial charge is 0.506 e. The smallest absolute Gasteiger partial charge is 0.263 e. The van der Waals surface area contributed by atoms with Crippen molar-refractivity contribution in [1.82, 2.24) is 5.32 Å². The van der Waals surface area contributed by atoms with Crippen LogP contribution in [0.5, 0.6) is 5.75 Å². The van der Waals surface area contributed by atoms with Crippen LogP contribution in [-0.4, -0.2) is 15.3 Å². The van der Waals surface area contributed by atoms with Crippen molar-refractivity contribution >= 4 is 72.1 Å². The molecule has 0 spiro atoms. The van der Waals surface area contributed by atoms with Crippen LogP contribution in [0.4, 0.5) is 0 Å². The molecule has 88 valence electrons. The maximum atomic E-state index is 11.5. The van der Waals surface area contributed by atoms with Crippen LogP contribution >= 0.6 is 55.8 Å². The molecule has 1 aliphatic rings. The standard InChI is InChI=1S/C10H5Br2NO2S2/c11-5-1-4(8(14)6(12)3-5)2-7-9(15)13-10(16)17-7/h1-3,14H,(H,13,15,16)/b7-2+. The first kappa shape index (κ1) is 13.1. The van der Waals surface area contributed by atoms with Crippen molar-refractivity contribution in [3.8, 4) is 5.75 Å². The molecule has 1 amide bonds. The van der Waals surface area contributed by atoms with E-state index in [1.165, 1.54) is 11.8 Å². The number of nitrogens with one attached hydrogen (secondary N) is 1. The highest BCUT2D eigenvalue weighted by molar-refractivity contribution is 9.11. The van der Waals surface area contributed by atoms with Gasteiger partial charge in [-0.25, -0.2) is 0 Å². The molecule has 0 saturated carbocycles. The number of phenols is 1. The monoisotopic (exact) mass is 393 g/mol. The van der Waals surface area contributed by atoms with Gasteiger partial charge >= 0.3 is 0 Å². The number of hydrogen-bond acceptors (Lipinski definition) is 4. The second kappa shape index (κ2) is 5.09. The quantitative estimate of drug-likeness (QED) is 0.566. The molecule has 1 saturated heterocycles. The zero-order chi connectivity index (χ0) is 12.6. The lowest BCUT2D eigenvalue weighted by Gasteiger charge is -2.03. The topological polar surface area (TPSA) is 49.3 Å². The van der Waals surface area contributed by atoms with E-state index in [1.807, 2.05) is 0 Å². The number of phenolic OH excluding ortho intramolecular Hbond substituents is 1. The molecule has 1 fully saturated rings. The van der Waals surface area contributed by atoms with E-state index in [4.69, 9.17) is 12.2 Å². The van der Waals surface area contributed by atoms with Crippen LogP contribution in [0.3, 0.4) is 0 Å². The third-order valence-corrected chi connectivity index (χ3v) is 4.21. The molecule has 0 atom stereocenters. The summed E-state index contributed by atoms with van der Waals surface area (Å²) in [4.78, 5) is 11.9. The average Bonchev–Trinajstić information content (AvgIpc) is 2.53. The second-order valence-corrected chi connectivity index (χ2v) is 6.67. The van der Waals surface area contributed by atoms with Gasteiger partial charge < -0.3 is 10.4 Å². The average molecular weight is 395 g/mol. The number of rotatable bonds is 1. The van der Waals surface area contributed by atoms with E-state index in [-0.39, 0.29) is 11.7 Å². The summed E-state index contributed by atoms with van der Waals surface area (Å²) in [5, 5.41) is 12.4. The maximum Gasteiger partial charge on any atom is 0.263 e. The highest BCUT2D eigenvalue weighted by Gasteiger charge is 2.22. The fourth-order valence-electron chi connectivity index (χ4n) is 1.26. The number of carbonyl (C=O) groups is 1. The first-order chi connectivity index (χ1) is 7.97. The Morgan fingerprint density at radius 2 is 2.12 bits per heavy atom. The van der Waals surface area contributed by atoms with Crippen molar-refractivity contribution in [3.05, 3.63) is 31.5 Å². The predicted molar refractivity (Wildman–Crippen MR) is 79.8 cm³/mol. The van der Waals surface area contributed by atoms with Gasteiger partial charge in [0.15, 0.2) is 0 Å². The highest BCUT2D eigenvalue weighted by Crippen LogP contribution is 2.35. The van der Waals surface area contributed by atoms with Crippen molar-refractivity contribution < 1.29 is 9.90 Å².